The van der Waals surface area contributed by atoms with Crippen molar-refractivity contribution in [3.05, 3.63) is 65.9 Å². The Bertz CT molecular complexity index is 938. The van der Waals surface area contributed by atoms with Crippen LogP contribution >= 0.6 is 0 Å². The highest BCUT2D eigenvalue weighted by Gasteiger charge is 2.09. The third-order valence-electron chi connectivity index (χ3n) is 4.56. The van der Waals surface area contributed by atoms with Crippen LogP contribution in [0.1, 0.15) is 17.0 Å². The highest BCUT2D eigenvalue weighted by atomic mass is 16.5. The van der Waals surface area contributed by atoms with Gasteiger partial charge in [0.15, 0.2) is 6.61 Å². The molecule has 1 aromatic carbocycles. The molecule has 0 aliphatic heterocycles. The number of carbonyl (C=O) groups is 1. The molecule has 2 heterocycles. The van der Waals surface area contributed by atoms with Crippen molar-refractivity contribution < 1.29 is 14.6 Å². The van der Waals surface area contributed by atoms with Crippen LogP contribution in [-0.4, -0.2) is 38.8 Å². The molecule has 0 atom stereocenters. The lowest BCUT2D eigenvalue weighted by Crippen LogP contribution is -2.20. The van der Waals surface area contributed by atoms with Crippen molar-refractivity contribution in [2.75, 3.05) is 13.2 Å². The van der Waals surface area contributed by atoms with Gasteiger partial charge in [-0.05, 0) is 44.2 Å². The fraction of sp³-hybridized carbons (Fsp3) is 0.286. The quantitative estimate of drug-likeness (QED) is 0.555. The van der Waals surface area contributed by atoms with Crippen LogP contribution in [0.4, 0.5) is 0 Å². The molecule has 0 unspecified atom stereocenters. The number of aryl methyl sites for hydroxylation is 1. The van der Waals surface area contributed by atoms with Crippen LogP contribution in [0.5, 0.6) is 5.75 Å². The Morgan fingerprint density at radius 3 is 2.75 bits per heavy atom. The number of pyridine rings is 1. The molecule has 3 aromatic rings. The second-order valence-corrected chi connectivity index (χ2v) is 6.51. The summed E-state index contributed by atoms with van der Waals surface area (Å²) >= 11 is 0. The first-order valence-electron chi connectivity index (χ1n) is 9.12. The minimum atomic E-state index is -1.00. The zero-order valence-corrected chi connectivity index (χ0v) is 16.1. The van der Waals surface area contributed by atoms with Gasteiger partial charge >= 0.3 is 5.97 Å². The molecule has 0 radical (unpaired) electrons. The number of carboxylic acids is 1. The number of nitrogens with zero attached hydrogens (tertiary/aromatic N) is 3. The van der Waals surface area contributed by atoms with Crippen LogP contribution in [0.15, 0.2) is 48.9 Å². The zero-order valence-electron chi connectivity index (χ0n) is 16.1. The Hall–Kier alpha value is -3.19. The summed E-state index contributed by atoms with van der Waals surface area (Å²) in [4.78, 5) is 19.5. The maximum atomic E-state index is 10.9. The van der Waals surface area contributed by atoms with Crippen LogP contribution < -0.4 is 10.1 Å². The molecule has 0 bridgehead atoms. The summed E-state index contributed by atoms with van der Waals surface area (Å²) in [5, 5.41) is 12.3. The Labute approximate surface area is 164 Å². The molecule has 0 aliphatic carbocycles. The van der Waals surface area contributed by atoms with E-state index >= 15 is 0 Å². The minimum absolute atomic E-state index is 0.372. The number of hydrogen-bond acceptors (Lipinski definition) is 5. The molecule has 28 heavy (non-hydrogen) atoms. The third kappa shape index (κ3) is 4.95. The Morgan fingerprint density at radius 1 is 1.21 bits per heavy atom. The van der Waals surface area contributed by atoms with E-state index in [4.69, 9.17) is 9.84 Å². The van der Waals surface area contributed by atoms with E-state index in [1.807, 2.05) is 43.6 Å². The number of ether oxygens (including phenoxy) is 1. The average Bonchev–Trinajstić information content (AvgIpc) is 3.02. The summed E-state index contributed by atoms with van der Waals surface area (Å²) in [6, 6.07) is 11.4. The van der Waals surface area contributed by atoms with Gasteiger partial charge in [-0.2, -0.15) is 0 Å². The summed E-state index contributed by atoms with van der Waals surface area (Å²) in [5.74, 6) is -0.442. The summed E-state index contributed by atoms with van der Waals surface area (Å²) < 4.78 is 7.56. The fourth-order valence-electron chi connectivity index (χ4n) is 2.88. The highest BCUT2D eigenvalue weighted by molar-refractivity contribution is 5.69. The fourth-order valence-corrected chi connectivity index (χ4v) is 2.88. The molecule has 7 nitrogen and oxygen atoms in total. The number of nitrogens with one attached hydrogen (secondary N) is 1. The molecule has 0 fully saturated rings. The molecule has 2 N–H and O–H groups in total. The smallest absolute Gasteiger partial charge is 0.341 e. The predicted molar refractivity (Wildman–Crippen MR) is 106 cm³/mol. The molecule has 146 valence electrons. The van der Waals surface area contributed by atoms with E-state index in [0.29, 0.717) is 12.3 Å². The van der Waals surface area contributed by atoms with Crippen LogP contribution in [0, 0.1) is 13.8 Å². The molecule has 7 heteroatoms. The van der Waals surface area contributed by atoms with Gasteiger partial charge in [0, 0.05) is 42.7 Å². The van der Waals surface area contributed by atoms with Crippen LogP contribution in [-0.2, 0) is 17.9 Å². The van der Waals surface area contributed by atoms with Gasteiger partial charge in [0.05, 0.1) is 17.7 Å². The van der Waals surface area contributed by atoms with E-state index in [-0.39, 0.29) is 6.61 Å². The number of carboxylic acid groups (broad SMARTS) is 1. The first kappa shape index (κ1) is 19.6. The first-order valence-corrected chi connectivity index (χ1v) is 9.12. The van der Waals surface area contributed by atoms with Gasteiger partial charge in [0.1, 0.15) is 5.75 Å². The lowest BCUT2D eigenvalue weighted by atomic mass is 10.1. The highest BCUT2D eigenvalue weighted by Crippen LogP contribution is 2.25. The number of benzene rings is 1. The maximum Gasteiger partial charge on any atom is 0.341 e. The second-order valence-electron chi connectivity index (χ2n) is 6.51. The van der Waals surface area contributed by atoms with Crippen molar-refractivity contribution in [3.63, 3.8) is 0 Å². The molecular formula is C21H24N4O3. The summed E-state index contributed by atoms with van der Waals surface area (Å²) in [6.07, 6.45) is 3.59. The van der Waals surface area contributed by atoms with Crippen molar-refractivity contribution >= 4 is 5.97 Å². The third-order valence-corrected chi connectivity index (χ3v) is 4.56. The Balaban J connectivity index is 1.70. The van der Waals surface area contributed by atoms with E-state index < -0.39 is 5.97 Å². The number of aliphatic carboxylic acids is 1. The van der Waals surface area contributed by atoms with Crippen LogP contribution in [0.25, 0.3) is 11.3 Å². The molecule has 2 aromatic heterocycles. The number of aromatic nitrogens is 3. The van der Waals surface area contributed by atoms with Crippen LogP contribution in [0.2, 0.25) is 0 Å². The molecule has 0 saturated carbocycles. The van der Waals surface area contributed by atoms with Gasteiger partial charge < -0.3 is 19.7 Å². The van der Waals surface area contributed by atoms with Gasteiger partial charge in [0.2, 0.25) is 0 Å². The zero-order chi connectivity index (χ0) is 19.9. The molecule has 0 aliphatic rings. The van der Waals surface area contributed by atoms with Gasteiger partial charge in [-0.1, -0.05) is 6.07 Å². The second kappa shape index (κ2) is 9.14. The molecular weight excluding hydrogens is 356 g/mol. The first-order chi connectivity index (χ1) is 13.5. The number of hydrogen-bond donors (Lipinski definition) is 2. The normalized spacial score (nSPS) is 10.8. The monoisotopic (exact) mass is 380 g/mol. The van der Waals surface area contributed by atoms with Gasteiger partial charge in [-0.15, -0.1) is 0 Å². The number of imidazole rings is 1. The van der Waals surface area contributed by atoms with Crippen molar-refractivity contribution in [2.24, 2.45) is 0 Å². The van der Waals surface area contributed by atoms with E-state index in [1.54, 1.807) is 12.3 Å². The summed E-state index contributed by atoms with van der Waals surface area (Å²) in [6.45, 7) is 5.79. The Morgan fingerprint density at radius 2 is 2.07 bits per heavy atom. The van der Waals surface area contributed by atoms with E-state index in [0.717, 1.165) is 41.3 Å². The summed E-state index contributed by atoms with van der Waals surface area (Å²) in [5.41, 5.74) is 4.90. The number of rotatable bonds is 9. The van der Waals surface area contributed by atoms with Crippen molar-refractivity contribution in [1.82, 2.24) is 19.9 Å². The van der Waals surface area contributed by atoms with Gasteiger partial charge in [-0.3, -0.25) is 4.98 Å². The van der Waals surface area contributed by atoms with Gasteiger partial charge in [0.25, 0.3) is 0 Å². The molecule has 0 amide bonds. The van der Waals surface area contributed by atoms with Crippen LogP contribution in [0.3, 0.4) is 0 Å². The van der Waals surface area contributed by atoms with Gasteiger partial charge in [-0.25, -0.2) is 9.78 Å². The molecule has 0 spiro atoms. The van der Waals surface area contributed by atoms with Crippen molar-refractivity contribution in [2.45, 2.75) is 26.9 Å². The molecule has 0 saturated heterocycles. The van der Waals surface area contributed by atoms with E-state index in [2.05, 4.69) is 26.8 Å². The summed E-state index contributed by atoms with van der Waals surface area (Å²) in [7, 11) is 0. The Kier molecular flexibility index (Phi) is 6.39. The standard InChI is InChI=1S/C21H24N4O3/c1-15-16(2)25(14-24-15)10-9-22-12-18-11-17(19-5-3-4-8-23-19)6-7-20(18)28-13-21(26)27/h3-8,11,14,22H,9-10,12-13H2,1-2H3,(H,26,27). The molecule has 3 rings (SSSR count). The maximum absolute atomic E-state index is 10.9. The average molecular weight is 380 g/mol. The largest absolute Gasteiger partial charge is 0.482 e. The van der Waals surface area contributed by atoms with Crippen molar-refractivity contribution in [3.8, 4) is 17.0 Å². The predicted octanol–water partition coefficient (Wildman–Crippen LogP) is 2.82. The van der Waals surface area contributed by atoms with E-state index in [9.17, 15) is 4.79 Å². The minimum Gasteiger partial charge on any atom is -0.482 e. The SMILES string of the molecule is Cc1ncn(CCNCc2cc(-c3ccccn3)ccc2OCC(=O)O)c1C. The topological polar surface area (TPSA) is 89.3 Å². The lowest BCUT2D eigenvalue weighted by Gasteiger charge is -2.13. The lowest BCUT2D eigenvalue weighted by molar-refractivity contribution is -0.139. The van der Waals surface area contributed by atoms with E-state index in [1.165, 1.54) is 0 Å². The van der Waals surface area contributed by atoms with Crippen molar-refractivity contribution in [1.29, 1.82) is 0 Å².